The average Bonchev–Trinajstić information content (AvgIpc) is 3.11. The van der Waals surface area contributed by atoms with Crippen LogP contribution in [0.4, 0.5) is 0 Å². The van der Waals surface area contributed by atoms with E-state index in [1.807, 2.05) is 0 Å². The molecule has 26 heavy (non-hydrogen) atoms. The Balaban J connectivity index is 0.00000338. The molecule has 1 aliphatic carbocycles. The second-order valence-electron chi connectivity index (χ2n) is 7.74. The number of hydrogen-bond donors (Lipinski definition) is 2. The van der Waals surface area contributed by atoms with E-state index in [1.54, 1.807) is 19.0 Å². The van der Waals surface area contributed by atoms with Crippen molar-refractivity contribution in [1.82, 2.24) is 15.5 Å². The molecule has 0 aromatic rings. The fourth-order valence-corrected chi connectivity index (χ4v) is 3.69. The lowest BCUT2D eigenvalue weighted by Gasteiger charge is -2.29. The molecule has 2 aliphatic rings. The van der Waals surface area contributed by atoms with Crippen LogP contribution in [-0.4, -0.2) is 63.2 Å². The van der Waals surface area contributed by atoms with E-state index >= 15 is 0 Å². The van der Waals surface area contributed by atoms with Gasteiger partial charge in [-0.2, -0.15) is 0 Å². The lowest BCUT2D eigenvalue weighted by Crippen LogP contribution is -2.46. The fraction of sp³-hybridized carbons (Fsp3) is 0.895. The largest absolute Gasteiger partial charge is 0.376 e. The lowest BCUT2D eigenvalue weighted by atomic mass is 9.83. The molecule has 0 radical (unpaired) electrons. The summed E-state index contributed by atoms with van der Waals surface area (Å²) in [6.45, 7) is 4.98. The van der Waals surface area contributed by atoms with E-state index in [1.165, 1.54) is 38.5 Å². The van der Waals surface area contributed by atoms with Crippen LogP contribution in [0.5, 0.6) is 0 Å². The Hall–Kier alpha value is -0.570. The number of amides is 1. The molecule has 2 N–H and O–H groups in total. The third-order valence-electron chi connectivity index (χ3n) is 5.69. The van der Waals surface area contributed by atoms with E-state index < -0.39 is 0 Å². The Labute approximate surface area is 175 Å². The maximum Gasteiger partial charge on any atom is 0.243 e. The minimum absolute atomic E-state index is 0. The molecule has 1 aliphatic heterocycles. The molecule has 0 spiro atoms. The summed E-state index contributed by atoms with van der Waals surface area (Å²) in [5.41, 5.74) is 0.384. The van der Waals surface area contributed by atoms with Crippen LogP contribution in [0.25, 0.3) is 0 Å². The topological polar surface area (TPSA) is 66.0 Å². The minimum atomic E-state index is 0. The van der Waals surface area contributed by atoms with Gasteiger partial charge in [0.1, 0.15) is 6.54 Å². The van der Waals surface area contributed by atoms with Crippen molar-refractivity contribution in [1.29, 1.82) is 0 Å². The fourth-order valence-electron chi connectivity index (χ4n) is 3.69. The number of carbonyl (C=O) groups is 1. The molecule has 0 aromatic carbocycles. The first-order valence-corrected chi connectivity index (χ1v) is 9.88. The summed E-state index contributed by atoms with van der Waals surface area (Å²) >= 11 is 0. The monoisotopic (exact) mass is 480 g/mol. The highest BCUT2D eigenvalue weighted by Crippen LogP contribution is 2.40. The summed E-state index contributed by atoms with van der Waals surface area (Å²) in [4.78, 5) is 18.0. The summed E-state index contributed by atoms with van der Waals surface area (Å²) in [5.74, 6) is 0.755. The zero-order valence-corrected chi connectivity index (χ0v) is 19.0. The van der Waals surface area contributed by atoms with Crippen molar-refractivity contribution < 1.29 is 9.53 Å². The van der Waals surface area contributed by atoms with Gasteiger partial charge in [0, 0.05) is 33.8 Å². The lowest BCUT2D eigenvalue weighted by molar-refractivity contribution is -0.127. The molecule has 152 valence electrons. The van der Waals surface area contributed by atoms with Gasteiger partial charge >= 0.3 is 0 Å². The molecule has 1 unspecified atom stereocenters. The number of rotatable bonds is 7. The summed E-state index contributed by atoms with van der Waals surface area (Å²) < 4.78 is 5.79. The van der Waals surface area contributed by atoms with E-state index in [2.05, 4.69) is 22.5 Å². The Bertz CT molecular complexity index is 445. The quantitative estimate of drug-likeness (QED) is 0.334. The minimum Gasteiger partial charge on any atom is -0.376 e. The van der Waals surface area contributed by atoms with Crippen molar-refractivity contribution in [2.24, 2.45) is 10.4 Å². The van der Waals surface area contributed by atoms with Crippen LogP contribution >= 0.6 is 24.0 Å². The van der Waals surface area contributed by atoms with Gasteiger partial charge in [0.25, 0.3) is 0 Å². The molecule has 1 amide bonds. The molecular formula is C19H37IN4O2. The maximum atomic E-state index is 11.9. The van der Waals surface area contributed by atoms with Gasteiger partial charge in [-0.15, -0.1) is 24.0 Å². The summed E-state index contributed by atoms with van der Waals surface area (Å²) in [5, 5.41) is 6.89. The van der Waals surface area contributed by atoms with E-state index in [4.69, 9.17) is 4.74 Å². The summed E-state index contributed by atoms with van der Waals surface area (Å²) in [6.07, 6.45) is 10.1. The van der Waals surface area contributed by atoms with Gasteiger partial charge in [-0.1, -0.05) is 19.8 Å². The third kappa shape index (κ3) is 7.58. The molecule has 0 aromatic heterocycles. The van der Waals surface area contributed by atoms with Gasteiger partial charge in [-0.05, 0) is 43.9 Å². The first-order chi connectivity index (χ1) is 12.0. The second kappa shape index (κ2) is 12.0. The van der Waals surface area contributed by atoms with Crippen molar-refractivity contribution in [3.63, 3.8) is 0 Å². The molecule has 2 rings (SSSR count). The molecule has 7 heteroatoms. The highest BCUT2D eigenvalue weighted by Gasteiger charge is 2.32. The third-order valence-corrected chi connectivity index (χ3v) is 5.69. The zero-order valence-electron chi connectivity index (χ0n) is 16.7. The number of likely N-dealkylation sites (N-methyl/N-ethyl adjacent to an activating group) is 1. The van der Waals surface area contributed by atoms with Crippen LogP contribution < -0.4 is 10.6 Å². The number of aliphatic imine (C=N–C) groups is 1. The normalized spacial score (nSPS) is 22.4. The SMILES string of the molecule is CCC1(CNC(=NCC(=O)N(C)C)NCC2CCCCO2)CCCC1.I. The van der Waals surface area contributed by atoms with E-state index in [0.717, 1.165) is 38.5 Å². The molecule has 0 bridgehead atoms. The van der Waals surface area contributed by atoms with Crippen molar-refractivity contribution >= 4 is 35.8 Å². The molecule has 6 nitrogen and oxygen atoms in total. The second-order valence-corrected chi connectivity index (χ2v) is 7.74. The number of carbonyl (C=O) groups excluding carboxylic acids is 1. The average molecular weight is 480 g/mol. The highest BCUT2D eigenvalue weighted by atomic mass is 127. The summed E-state index contributed by atoms with van der Waals surface area (Å²) in [6, 6.07) is 0. The smallest absolute Gasteiger partial charge is 0.243 e. The zero-order chi connectivity index (χ0) is 18.1. The summed E-state index contributed by atoms with van der Waals surface area (Å²) in [7, 11) is 3.53. The molecule has 1 atom stereocenters. The van der Waals surface area contributed by atoms with Gasteiger partial charge < -0.3 is 20.3 Å². The van der Waals surface area contributed by atoms with Crippen LogP contribution in [0.1, 0.15) is 58.3 Å². The predicted molar refractivity (Wildman–Crippen MR) is 117 cm³/mol. The van der Waals surface area contributed by atoms with Gasteiger partial charge in [0.15, 0.2) is 5.96 Å². The van der Waals surface area contributed by atoms with E-state index in [9.17, 15) is 4.79 Å². The molecular weight excluding hydrogens is 443 g/mol. The molecule has 1 saturated carbocycles. The van der Waals surface area contributed by atoms with Crippen LogP contribution in [0.15, 0.2) is 4.99 Å². The molecule has 2 fully saturated rings. The number of nitrogens with zero attached hydrogens (tertiary/aromatic N) is 2. The van der Waals surface area contributed by atoms with Crippen LogP contribution in [-0.2, 0) is 9.53 Å². The Morgan fingerprint density at radius 2 is 1.92 bits per heavy atom. The van der Waals surface area contributed by atoms with Crippen molar-refractivity contribution in [2.75, 3.05) is 40.3 Å². The van der Waals surface area contributed by atoms with Gasteiger partial charge in [0.2, 0.25) is 5.91 Å². The molecule has 1 saturated heterocycles. The van der Waals surface area contributed by atoms with Crippen molar-refractivity contribution in [2.45, 2.75) is 64.4 Å². The Morgan fingerprint density at radius 3 is 2.50 bits per heavy atom. The van der Waals surface area contributed by atoms with Crippen LogP contribution in [0.2, 0.25) is 0 Å². The maximum absolute atomic E-state index is 11.9. The van der Waals surface area contributed by atoms with E-state index in [0.29, 0.717) is 5.41 Å². The Kier molecular flexibility index (Phi) is 10.8. The number of nitrogens with one attached hydrogen (secondary N) is 2. The van der Waals surface area contributed by atoms with Crippen molar-refractivity contribution in [3.05, 3.63) is 0 Å². The van der Waals surface area contributed by atoms with Gasteiger partial charge in [0.05, 0.1) is 6.10 Å². The first-order valence-electron chi connectivity index (χ1n) is 9.88. The standard InChI is InChI=1S/C19H36N4O2.HI/c1-4-19(10-6-7-11-19)15-22-18(21-14-17(24)23(2)3)20-13-16-9-5-8-12-25-16;/h16H,4-15H2,1-3H3,(H2,20,21,22);1H. The highest BCUT2D eigenvalue weighted by molar-refractivity contribution is 14.0. The van der Waals surface area contributed by atoms with Crippen LogP contribution in [0, 0.1) is 5.41 Å². The number of ether oxygens (including phenoxy) is 1. The van der Waals surface area contributed by atoms with Gasteiger partial charge in [-0.25, -0.2) is 4.99 Å². The number of guanidine groups is 1. The van der Waals surface area contributed by atoms with Crippen molar-refractivity contribution in [3.8, 4) is 0 Å². The van der Waals surface area contributed by atoms with Gasteiger partial charge in [-0.3, -0.25) is 4.79 Å². The molecule has 1 heterocycles. The first kappa shape index (κ1) is 23.5. The van der Waals surface area contributed by atoms with E-state index in [-0.39, 0.29) is 42.5 Å². The predicted octanol–water partition coefficient (Wildman–Crippen LogP) is 2.77. The Morgan fingerprint density at radius 1 is 1.19 bits per heavy atom. The number of halogens is 1. The van der Waals surface area contributed by atoms with Crippen LogP contribution in [0.3, 0.4) is 0 Å². The number of hydrogen-bond acceptors (Lipinski definition) is 3.